The van der Waals surface area contributed by atoms with Crippen molar-refractivity contribution in [1.82, 2.24) is 10.3 Å². The second-order valence-corrected chi connectivity index (χ2v) is 6.15. The van der Waals surface area contributed by atoms with Crippen LogP contribution in [0.25, 0.3) is 11.0 Å². The molecule has 6 heteroatoms. The summed E-state index contributed by atoms with van der Waals surface area (Å²) in [7, 11) is 0. The Hall–Kier alpha value is -3.15. The second-order valence-electron chi connectivity index (χ2n) is 6.15. The van der Waals surface area contributed by atoms with Crippen LogP contribution in [0.1, 0.15) is 23.6 Å². The Morgan fingerprint density at radius 2 is 1.96 bits per heavy atom. The van der Waals surface area contributed by atoms with Gasteiger partial charge in [0.1, 0.15) is 11.3 Å². The fourth-order valence-electron chi connectivity index (χ4n) is 2.71. The molecule has 0 aliphatic heterocycles. The monoisotopic (exact) mass is 352 g/mol. The largest absolute Gasteiger partial charge is 0.480 e. The van der Waals surface area contributed by atoms with Gasteiger partial charge in [-0.05, 0) is 56.2 Å². The van der Waals surface area contributed by atoms with Crippen LogP contribution in [0, 0.1) is 13.8 Å². The minimum absolute atomic E-state index is 0.230. The van der Waals surface area contributed by atoms with Crippen molar-refractivity contribution in [2.75, 3.05) is 0 Å². The quantitative estimate of drug-likeness (QED) is 0.714. The van der Waals surface area contributed by atoms with Crippen molar-refractivity contribution in [3.8, 4) is 5.75 Å². The van der Waals surface area contributed by atoms with Crippen molar-refractivity contribution in [2.24, 2.45) is 0 Å². The first-order valence-corrected chi connectivity index (χ1v) is 8.33. The first kappa shape index (κ1) is 17.7. The molecule has 26 heavy (non-hydrogen) atoms. The highest BCUT2D eigenvalue weighted by Gasteiger charge is 2.17. The van der Waals surface area contributed by atoms with Gasteiger partial charge in [-0.3, -0.25) is 9.78 Å². The number of rotatable bonds is 5. The predicted octanol–water partition coefficient (Wildman–Crippen LogP) is 2.89. The van der Waals surface area contributed by atoms with Gasteiger partial charge in [-0.2, -0.15) is 0 Å². The zero-order valence-electron chi connectivity index (χ0n) is 14.9. The molecule has 134 valence electrons. The Balaban J connectivity index is 1.74. The number of hydrogen-bond acceptors (Lipinski definition) is 5. The van der Waals surface area contributed by atoms with Crippen molar-refractivity contribution >= 4 is 16.9 Å². The van der Waals surface area contributed by atoms with Crippen molar-refractivity contribution in [3.63, 3.8) is 0 Å². The number of aryl methyl sites for hydroxylation is 2. The Labute approximate surface area is 150 Å². The molecule has 0 aliphatic carbocycles. The normalized spacial score (nSPS) is 12.0. The van der Waals surface area contributed by atoms with Crippen molar-refractivity contribution in [1.29, 1.82) is 0 Å². The molecule has 0 bridgehead atoms. The molecule has 0 saturated heterocycles. The molecule has 3 rings (SSSR count). The molecule has 1 aromatic carbocycles. The van der Waals surface area contributed by atoms with Crippen molar-refractivity contribution in [3.05, 3.63) is 69.8 Å². The zero-order valence-corrected chi connectivity index (χ0v) is 14.9. The van der Waals surface area contributed by atoms with Crippen molar-refractivity contribution < 1.29 is 13.9 Å². The average Bonchev–Trinajstić information content (AvgIpc) is 2.63. The van der Waals surface area contributed by atoms with E-state index < -0.39 is 11.7 Å². The van der Waals surface area contributed by atoms with Gasteiger partial charge in [-0.15, -0.1) is 0 Å². The van der Waals surface area contributed by atoms with Gasteiger partial charge in [0.05, 0.1) is 0 Å². The zero-order chi connectivity index (χ0) is 18.7. The first-order chi connectivity index (χ1) is 12.5. The highest BCUT2D eigenvalue weighted by molar-refractivity contribution is 5.85. The molecule has 1 N–H and O–H groups in total. The number of carbonyl (C=O) groups excluding carboxylic acids is 1. The Morgan fingerprint density at radius 3 is 2.69 bits per heavy atom. The van der Waals surface area contributed by atoms with E-state index in [9.17, 15) is 9.59 Å². The minimum Gasteiger partial charge on any atom is -0.480 e. The summed E-state index contributed by atoms with van der Waals surface area (Å²) in [6, 6.07) is 8.75. The highest BCUT2D eigenvalue weighted by Crippen LogP contribution is 2.28. The highest BCUT2D eigenvalue weighted by atomic mass is 16.5. The summed E-state index contributed by atoms with van der Waals surface area (Å²) in [4.78, 5) is 27.9. The third kappa shape index (κ3) is 3.74. The summed E-state index contributed by atoms with van der Waals surface area (Å²) in [6.45, 7) is 5.74. The molecule has 0 spiro atoms. The van der Waals surface area contributed by atoms with E-state index in [0.717, 1.165) is 16.5 Å². The summed E-state index contributed by atoms with van der Waals surface area (Å²) in [5.41, 5.74) is 2.57. The van der Waals surface area contributed by atoms with Crippen LogP contribution in [-0.2, 0) is 11.3 Å². The topological polar surface area (TPSA) is 81.4 Å². The van der Waals surface area contributed by atoms with E-state index in [1.165, 1.54) is 6.07 Å². The lowest BCUT2D eigenvalue weighted by Gasteiger charge is -2.17. The summed E-state index contributed by atoms with van der Waals surface area (Å²) in [5.74, 6) is 0.282. The maximum Gasteiger partial charge on any atom is 0.336 e. The van der Waals surface area contributed by atoms with Gasteiger partial charge in [0.25, 0.3) is 5.91 Å². The Bertz CT molecular complexity index is 996. The summed E-state index contributed by atoms with van der Waals surface area (Å²) < 4.78 is 11.1. The van der Waals surface area contributed by atoms with Gasteiger partial charge < -0.3 is 14.5 Å². The number of amides is 1. The van der Waals surface area contributed by atoms with Crippen LogP contribution in [0.2, 0.25) is 0 Å². The molecule has 6 nitrogen and oxygen atoms in total. The molecule has 1 atom stereocenters. The molecule has 2 aromatic heterocycles. The fourth-order valence-corrected chi connectivity index (χ4v) is 2.71. The van der Waals surface area contributed by atoms with Gasteiger partial charge in [0, 0.05) is 36.0 Å². The van der Waals surface area contributed by atoms with Crippen LogP contribution in [0.15, 0.2) is 51.9 Å². The smallest absolute Gasteiger partial charge is 0.336 e. The van der Waals surface area contributed by atoms with Gasteiger partial charge in [0.2, 0.25) is 0 Å². The van der Waals surface area contributed by atoms with E-state index in [2.05, 4.69) is 10.3 Å². The molecule has 0 radical (unpaired) electrons. The van der Waals surface area contributed by atoms with Crippen LogP contribution < -0.4 is 15.7 Å². The number of hydrogen-bond donors (Lipinski definition) is 1. The maximum atomic E-state index is 12.3. The van der Waals surface area contributed by atoms with Crippen LogP contribution in [0.5, 0.6) is 5.75 Å². The number of ether oxygens (including phenoxy) is 1. The molecule has 3 aromatic rings. The van der Waals surface area contributed by atoms with Crippen LogP contribution in [0.4, 0.5) is 0 Å². The first-order valence-electron chi connectivity index (χ1n) is 8.33. The van der Waals surface area contributed by atoms with Gasteiger partial charge >= 0.3 is 5.63 Å². The van der Waals surface area contributed by atoms with Crippen LogP contribution in [0.3, 0.4) is 0 Å². The van der Waals surface area contributed by atoms with E-state index in [1.54, 1.807) is 25.4 Å². The molecule has 0 fully saturated rings. The van der Waals surface area contributed by atoms with Crippen molar-refractivity contribution in [2.45, 2.75) is 33.4 Å². The van der Waals surface area contributed by atoms with Crippen LogP contribution >= 0.6 is 0 Å². The van der Waals surface area contributed by atoms with E-state index in [-0.39, 0.29) is 5.91 Å². The van der Waals surface area contributed by atoms with E-state index in [0.29, 0.717) is 23.4 Å². The number of nitrogens with zero attached hydrogens (tertiary/aromatic N) is 1. The summed E-state index contributed by atoms with van der Waals surface area (Å²) >= 11 is 0. The molecular weight excluding hydrogens is 332 g/mol. The predicted molar refractivity (Wildman–Crippen MR) is 98.1 cm³/mol. The lowest BCUT2D eigenvalue weighted by atomic mass is 10.1. The maximum absolute atomic E-state index is 12.3. The minimum atomic E-state index is -0.690. The molecule has 0 aliphatic rings. The summed E-state index contributed by atoms with van der Waals surface area (Å²) in [5, 5.41) is 3.68. The molecule has 0 saturated carbocycles. The Kier molecular flexibility index (Phi) is 5.02. The Morgan fingerprint density at radius 1 is 1.23 bits per heavy atom. The fraction of sp³-hybridized carbons (Fsp3) is 0.250. The van der Waals surface area contributed by atoms with E-state index in [4.69, 9.17) is 9.15 Å². The SMILES string of the molecule is Cc1cc(=O)oc2c(C)c(O[C@H](C)C(=O)NCc3ccncc3)ccc12. The number of benzene rings is 1. The van der Waals surface area contributed by atoms with Gasteiger partial charge in [-0.1, -0.05) is 0 Å². The number of nitrogens with one attached hydrogen (secondary N) is 1. The molecule has 1 amide bonds. The summed E-state index contributed by atoms with van der Waals surface area (Å²) in [6.07, 6.45) is 2.66. The average molecular weight is 352 g/mol. The number of fused-ring (bicyclic) bond motifs is 1. The van der Waals surface area contributed by atoms with E-state index >= 15 is 0 Å². The van der Waals surface area contributed by atoms with Gasteiger partial charge in [0.15, 0.2) is 6.10 Å². The number of carbonyl (C=O) groups is 1. The van der Waals surface area contributed by atoms with E-state index in [1.807, 2.05) is 32.0 Å². The number of aromatic nitrogens is 1. The van der Waals surface area contributed by atoms with Gasteiger partial charge in [-0.25, -0.2) is 4.79 Å². The molecule has 2 heterocycles. The lowest BCUT2D eigenvalue weighted by molar-refractivity contribution is -0.127. The third-order valence-corrected chi connectivity index (χ3v) is 4.21. The second kappa shape index (κ2) is 7.39. The third-order valence-electron chi connectivity index (χ3n) is 4.21. The molecule has 0 unspecified atom stereocenters. The molecular formula is C20H20N2O4. The van der Waals surface area contributed by atoms with Crippen LogP contribution in [-0.4, -0.2) is 17.0 Å². The standard InChI is InChI=1S/C20H20N2O4/c1-12-10-18(23)26-19-13(2)17(5-4-16(12)19)25-14(3)20(24)22-11-15-6-8-21-9-7-15/h4-10,14H,11H2,1-3H3,(H,22,24)/t14-/m1/s1. The lowest BCUT2D eigenvalue weighted by Crippen LogP contribution is -2.36. The number of pyridine rings is 1.